The fraction of sp³-hybridized carbons (Fsp3) is 0.400. The minimum atomic E-state index is 0.259. The second kappa shape index (κ2) is 6.52. The molecule has 1 fully saturated rings. The predicted octanol–water partition coefficient (Wildman–Crippen LogP) is 3.48. The Balaban J connectivity index is 1.62. The van der Waals surface area contributed by atoms with E-state index in [9.17, 15) is 0 Å². The van der Waals surface area contributed by atoms with Crippen LogP contribution in [-0.4, -0.2) is 31.5 Å². The van der Waals surface area contributed by atoms with Gasteiger partial charge in [-0.25, -0.2) is 15.0 Å². The van der Waals surface area contributed by atoms with Crippen molar-refractivity contribution in [1.29, 1.82) is 0 Å². The van der Waals surface area contributed by atoms with Crippen molar-refractivity contribution in [3.8, 4) is 11.5 Å². The van der Waals surface area contributed by atoms with E-state index in [2.05, 4.69) is 19.9 Å². The number of hydrogen-bond donors (Lipinski definition) is 1. The Bertz CT molecular complexity index is 890. The van der Waals surface area contributed by atoms with Crippen molar-refractivity contribution in [3.63, 3.8) is 0 Å². The van der Waals surface area contributed by atoms with Gasteiger partial charge in [0.2, 0.25) is 0 Å². The number of anilines is 1. The van der Waals surface area contributed by atoms with E-state index in [4.69, 9.17) is 9.97 Å². The third kappa shape index (κ3) is 2.66. The highest BCUT2D eigenvalue weighted by Crippen LogP contribution is 2.38. The summed E-state index contributed by atoms with van der Waals surface area (Å²) in [5.41, 5.74) is 3.36. The molecule has 3 aromatic rings. The molecule has 2 aliphatic rings. The molecule has 1 N–H and O–H groups in total. The monoisotopic (exact) mass is 346 g/mol. The van der Waals surface area contributed by atoms with Gasteiger partial charge < -0.3 is 9.88 Å². The molecule has 1 unspecified atom stereocenters. The Labute approximate surface area is 152 Å². The highest BCUT2D eigenvalue weighted by atomic mass is 15.3. The molecule has 6 heteroatoms. The number of aryl methyl sites for hydroxylation is 1. The molecule has 1 aliphatic heterocycles. The molecular weight excluding hydrogens is 324 g/mol. The van der Waals surface area contributed by atoms with Crippen LogP contribution < -0.4 is 4.90 Å². The first kappa shape index (κ1) is 15.5. The average molecular weight is 346 g/mol. The number of piperidine rings is 1. The van der Waals surface area contributed by atoms with Crippen molar-refractivity contribution in [3.05, 3.63) is 53.9 Å². The lowest BCUT2D eigenvalue weighted by Crippen LogP contribution is -2.35. The number of pyridine rings is 1. The standard InChI is InChI=1S/C20H22N6/c1-3-10-21-16(7-1)18-24-15-8-5-6-14(15)20(25-18)26-13-4-2-9-17(26)19-22-11-12-23-19/h1,3,7,10-12,17H,2,4-6,8-9,13H2,(H,22,23). The Hall–Kier alpha value is -2.76. The summed E-state index contributed by atoms with van der Waals surface area (Å²) >= 11 is 0. The molecule has 1 atom stereocenters. The molecule has 1 saturated heterocycles. The minimum Gasteiger partial charge on any atom is -0.347 e. The van der Waals surface area contributed by atoms with Crippen molar-refractivity contribution in [2.24, 2.45) is 0 Å². The van der Waals surface area contributed by atoms with E-state index in [1.165, 1.54) is 24.1 Å². The molecule has 0 aromatic carbocycles. The molecule has 4 heterocycles. The molecule has 6 nitrogen and oxygen atoms in total. The van der Waals surface area contributed by atoms with E-state index in [0.717, 1.165) is 55.4 Å². The zero-order chi connectivity index (χ0) is 17.3. The van der Waals surface area contributed by atoms with Crippen LogP contribution in [0.15, 0.2) is 36.8 Å². The van der Waals surface area contributed by atoms with E-state index < -0.39 is 0 Å². The average Bonchev–Trinajstić information content (AvgIpc) is 3.40. The first-order valence-corrected chi connectivity index (χ1v) is 9.47. The lowest BCUT2D eigenvalue weighted by Gasteiger charge is -2.36. The number of fused-ring (bicyclic) bond motifs is 1. The fourth-order valence-electron chi connectivity index (χ4n) is 4.19. The number of hydrogen-bond acceptors (Lipinski definition) is 5. The van der Waals surface area contributed by atoms with Gasteiger partial charge in [0.25, 0.3) is 0 Å². The van der Waals surface area contributed by atoms with Crippen molar-refractivity contribution < 1.29 is 0 Å². The summed E-state index contributed by atoms with van der Waals surface area (Å²) in [4.78, 5) is 24.6. The lowest BCUT2D eigenvalue weighted by molar-refractivity contribution is 0.454. The maximum absolute atomic E-state index is 5.01. The third-order valence-corrected chi connectivity index (χ3v) is 5.42. The van der Waals surface area contributed by atoms with Gasteiger partial charge in [0.05, 0.1) is 6.04 Å². The summed E-state index contributed by atoms with van der Waals surface area (Å²) in [7, 11) is 0. The number of rotatable bonds is 3. The van der Waals surface area contributed by atoms with Crippen LogP contribution in [0.1, 0.15) is 48.8 Å². The molecule has 26 heavy (non-hydrogen) atoms. The number of aromatic nitrogens is 5. The molecular formula is C20H22N6. The number of nitrogens with one attached hydrogen (secondary N) is 1. The van der Waals surface area contributed by atoms with Gasteiger partial charge in [-0.2, -0.15) is 0 Å². The predicted molar refractivity (Wildman–Crippen MR) is 99.8 cm³/mol. The molecule has 5 rings (SSSR count). The summed E-state index contributed by atoms with van der Waals surface area (Å²) in [6.45, 7) is 1.01. The van der Waals surface area contributed by atoms with Crippen molar-refractivity contribution in [1.82, 2.24) is 24.9 Å². The van der Waals surface area contributed by atoms with Gasteiger partial charge in [0.1, 0.15) is 17.3 Å². The number of H-pyrrole nitrogens is 1. The Kier molecular flexibility index (Phi) is 3.88. The number of aromatic amines is 1. The summed E-state index contributed by atoms with van der Waals surface area (Å²) in [6.07, 6.45) is 12.3. The molecule has 1 aliphatic carbocycles. The Morgan fingerprint density at radius 3 is 2.85 bits per heavy atom. The van der Waals surface area contributed by atoms with Gasteiger partial charge in [0, 0.05) is 36.4 Å². The van der Waals surface area contributed by atoms with Gasteiger partial charge >= 0.3 is 0 Å². The Morgan fingerprint density at radius 2 is 2.00 bits per heavy atom. The Morgan fingerprint density at radius 1 is 1.00 bits per heavy atom. The van der Waals surface area contributed by atoms with E-state index >= 15 is 0 Å². The SMILES string of the molecule is c1ccc(-c2nc3c(c(N4CCCCC4c4ncc[nH]4)n2)CCC3)nc1. The normalized spacial score (nSPS) is 19.5. The highest BCUT2D eigenvalue weighted by molar-refractivity contribution is 5.59. The van der Waals surface area contributed by atoms with Crippen molar-refractivity contribution >= 4 is 5.82 Å². The molecule has 0 amide bonds. The van der Waals surface area contributed by atoms with Crippen molar-refractivity contribution in [2.75, 3.05) is 11.4 Å². The molecule has 0 bridgehead atoms. The van der Waals surface area contributed by atoms with Gasteiger partial charge in [-0.15, -0.1) is 0 Å². The highest BCUT2D eigenvalue weighted by Gasteiger charge is 2.31. The van der Waals surface area contributed by atoms with E-state index in [0.29, 0.717) is 0 Å². The van der Waals surface area contributed by atoms with Crippen LogP contribution in [0.5, 0.6) is 0 Å². The second-order valence-corrected chi connectivity index (χ2v) is 7.04. The summed E-state index contributed by atoms with van der Waals surface area (Å²) in [5, 5.41) is 0. The van der Waals surface area contributed by atoms with Crippen LogP contribution in [0.25, 0.3) is 11.5 Å². The van der Waals surface area contributed by atoms with Gasteiger partial charge in [-0.3, -0.25) is 4.98 Å². The first-order chi connectivity index (χ1) is 12.9. The van der Waals surface area contributed by atoms with Crippen molar-refractivity contribution in [2.45, 2.75) is 44.6 Å². The molecule has 132 valence electrons. The minimum absolute atomic E-state index is 0.259. The van der Waals surface area contributed by atoms with Gasteiger partial charge in [-0.05, 0) is 50.7 Å². The van der Waals surface area contributed by atoms with E-state index in [-0.39, 0.29) is 6.04 Å². The smallest absolute Gasteiger partial charge is 0.180 e. The topological polar surface area (TPSA) is 70.6 Å². The van der Waals surface area contributed by atoms with Crippen LogP contribution >= 0.6 is 0 Å². The molecule has 3 aromatic heterocycles. The maximum atomic E-state index is 5.01. The zero-order valence-corrected chi connectivity index (χ0v) is 14.7. The van der Waals surface area contributed by atoms with Gasteiger partial charge in [-0.1, -0.05) is 6.07 Å². The fourth-order valence-corrected chi connectivity index (χ4v) is 4.19. The number of imidazole rings is 1. The largest absolute Gasteiger partial charge is 0.347 e. The van der Waals surface area contributed by atoms with E-state index in [1.807, 2.05) is 30.6 Å². The summed E-state index contributed by atoms with van der Waals surface area (Å²) < 4.78 is 0. The van der Waals surface area contributed by atoms with Crippen LogP contribution in [0.3, 0.4) is 0 Å². The van der Waals surface area contributed by atoms with Gasteiger partial charge in [0.15, 0.2) is 5.82 Å². The molecule has 0 saturated carbocycles. The maximum Gasteiger partial charge on any atom is 0.180 e. The summed E-state index contributed by atoms with van der Waals surface area (Å²) in [5.74, 6) is 2.87. The third-order valence-electron chi connectivity index (χ3n) is 5.42. The first-order valence-electron chi connectivity index (χ1n) is 9.47. The molecule has 0 radical (unpaired) electrons. The van der Waals surface area contributed by atoms with E-state index in [1.54, 1.807) is 6.20 Å². The summed E-state index contributed by atoms with van der Waals surface area (Å²) in [6, 6.07) is 6.16. The zero-order valence-electron chi connectivity index (χ0n) is 14.7. The number of nitrogens with zero attached hydrogens (tertiary/aromatic N) is 5. The van der Waals surface area contributed by atoms with Crippen LogP contribution in [0.2, 0.25) is 0 Å². The quantitative estimate of drug-likeness (QED) is 0.786. The van der Waals surface area contributed by atoms with Crippen LogP contribution in [0, 0.1) is 0 Å². The van der Waals surface area contributed by atoms with Crippen LogP contribution in [0.4, 0.5) is 5.82 Å². The van der Waals surface area contributed by atoms with Crippen LogP contribution in [-0.2, 0) is 12.8 Å². The lowest BCUT2D eigenvalue weighted by atomic mass is 10.0. The second-order valence-electron chi connectivity index (χ2n) is 7.04. The molecule has 0 spiro atoms.